The van der Waals surface area contributed by atoms with Gasteiger partial charge in [0.1, 0.15) is 5.75 Å². The fraction of sp³-hybridized carbons (Fsp3) is 0.500. The Morgan fingerprint density at radius 3 is 2.72 bits per heavy atom. The van der Waals surface area contributed by atoms with Gasteiger partial charge in [-0.05, 0) is 25.0 Å². The molecule has 0 aliphatic rings. The van der Waals surface area contributed by atoms with E-state index in [0.717, 1.165) is 0 Å². The van der Waals surface area contributed by atoms with Gasteiger partial charge in [0.2, 0.25) is 10.0 Å². The maximum absolute atomic E-state index is 12.1. The van der Waals surface area contributed by atoms with E-state index in [1.54, 1.807) is 12.1 Å². The zero-order valence-electron chi connectivity index (χ0n) is 10.6. The average molecular weight is 273 g/mol. The van der Waals surface area contributed by atoms with E-state index >= 15 is 0 Å². The fourth-order valence-corrected chi connectivity index (χ4v) is 2.95. The lowest BCUT2D eigenvalue weighted by molar-refractivity contribution is 0.270. The third kappa shape index (κ3) is 3.97. The second-order valence-corrected chi connectivity index (χ2v) is 5.63. The quantitative estimate of drug-likeness (QED) is 0.781. The molecule has 2 N–H and O–H groups in total. The lowest BCUT2D eigenvalue weighted by Gasteiger charge is -2.16. The van der Waals surface area contributed by atoms with Crippen LogP contribution in [0.15, 0.2) is 29.2 Å². The molecule has 0 saturated carbocycles. The molecule has 0 heterocycles. The van der Waals surface area contributed by atoms with Crippen molar-refractivity contribution in [2.75, 3.05) is 13.7 Å². The molecule has 1 rings (SSSR count). The van der Waals surface area contributed by atoms with Gasteiger partial charge in [-0.25, -0.2) is 13.1 Å². The van der Waals surface area contributed by atoms with Gasteiger partial charge in [0.15, 0.2) is 0 Å². The van der Waals surface area contributed by atoms with Gasteiger partial charge >= 0.3 is 0 Å². The second kappa shape index (κ2) is 6.72. The molecular formula is C12H19NO4S. The Bertz CT molecular complexity index is 473. The lowest BCUT2D eigenvalue weighted by atomic mass is 10.2. The van der Waals surface area contributed by atoms with Crippen molar-refractivity contribution in [2.24, 2.45) is 0 Å². The molecule has 0 aromatic heterocycles. The molecule has 0 saturated heterocycles. The van der Waals surface area contributed by atoms with Crippen LogP contribution in [0.5, 0.6) is 5.75 Å². The molecule has 1 aromatic rings. The summed E-state index contributed by atoms with van der Waals surface area (Å²) in [5.41, 5.74) is 0. The first kappa shape index (κ1) is 14.9. The van der Waals surface area contributed by atoms with Crippen LogP contribution < -0.4 is 9.46 Å². The molecule has 0 fully saturated rings. The summed E-state index contributed by atoms with van der Waals surface area (Å²) in [5.74, 6) is 0.494. The van der Waals surface area contributed by atoms with E-state index in [1.807, 2.05) is 6.92 Å². The normalized spacial score (nSPS) is 13.3. The van der Waals surface area contributed by atoms with Crippen molar-refractivity contribution < 1.29 is 18.3 Å². The number of sulfonamides is 1. The minimum Gasteiger partial charge on any atom is -0.497 e. The first-order chi connectivity index (χ1) is 8.53. The van der Waals surface area contributed by atoms with Gasteiger partial charge in [0, 0.05) is 18.7 Å². The number of nitrogens with one attached hydrogen (secondary N) is 1. The first-order valence-electron chi connectivity index (χ1n) is 5.80. The Labute approximate surface area is 108 Å². The summed E-state index contributed by atoms with van der Waals surface area (Å²) in [6.07, 6.45) is 1.03. The van der Waals surface area contributed by atoms with Crippen molar-refractivity contribution in [3.63, 3.8) is 0 Å². The summed E-state index contributed by atoms with van der Waals surface area (Å²) < 4.78 is 31.8. The van der Waals surface area contributed by atoms with Crippen molar-refractivity contribution in [1.29, 1.82) is 0 Å². The van der Waals surface area contributed by atoms with Gasteiger partial charge in [-0.15, -0.1) is 0 Å². The number of benzene rings is 1. The van der Waals surface area contributed by atoms with Crippen LogP contribution in [-0.2, 0) is 10.0 Å². The number of aliphatic hydroxyl groups is 1. The van der Waals surface area contributed by atoms with E-state index in [4.69, 9.17) is 9.84 Å². The molecule has 0 aliphatic heterocycles. The van der Waals surface area contributed by atoms with Crippen molar-refractivity contribution in [1.82, 2.24) is 4.72 Å². The van der Waals surface area contributed by atoms with Crippen LogP contribution in [0.25, 0.3) is 0 Å². The van der Waals surface area contributed by atoms with Gasteiger partial charge in [-0.3, -0.25) is 0 Å². The summed E-state index contributed by atoms with van der Waals surface area (Å²) >= 11 is 0. The largest absolute Gasteiger partial charge is 0.497 e. The summed E-state index contributed by atoms with van der Waals surface area (Å²) in [6.45, 7) is 1.83. The van der Waals surface area contributed by atoms with E-state index < -0.39 is 10.0 Å². The summed E-state index contributed by atoms with van der Waals surface area (Å²) in [5, 5.41) is 8.86. The third-order valence-electron chi connectivity index (χ3n) is 2.64. The molecule has 0 spiro atoms. The molecule has 5 nitrogen and oxygen atoms in total. The van der Waals surface area contributed by atoms with Crippen LogP contribution in [0.3, 0.4) is 0 Å². The Kier molecular flexibility index (Phi) is 5.58. The van der Waals surface area contributed by atoms with Gasteiger partial charge in [0.05, 0.1) is 12.0 Å². The molecule has 6 heteroatoms. The second-order valence-electron chi connectivity index (χ2n) is 3.92. The van der Waals surface area contributed by atoms with Crippen LogP contribution in [0.1, 0.15) is 19.8 Å². The van der Waals surface area contributed by atoms with Crippen LogP contribution in [0, 0.1) is 0 Å². The third-order valence-corrected chi connectivity index (χ3v) is 4.16. The monoisotopic (exact) mass is 273 g/mol. The Morgan fingerprint density at radius 2 is 2.17 bits per heavy atom. The minimum atomic E-state index is -3.57. The predicted octanol–water partition coefficient (Wildman–Crippen LogP) is 1.13. The summed E-state index contributed by atoms with van der Waals surface area (Å²) in [7, 11) is -2.08. The molecule has 0 bridgehead atoms. The van der Waals surface area contributed by atoms with E-state index in [9.17, 15) is 8.42 Å². The maximum Gasteiger partial charge on any atom is 0.240 e. The molecule has 0 aliphatic carbocycles. The van der Waals surface area contributed by atoms with Gasteiger partial charge in [-0.1, -0.05) is 13.0 Å². The molecule has 1 aromatic carbocycles. The van der Waals surface area contributed by atoms with E-state index in [2.05, 4.69) is 4.72 Å². The average Bonchev–Trinajstić information content (AvgIpc) is 2.38. The Hall–Kier alpha value is -1.11. The molecule has 0 radical (unpaired) electrons. The Balaban J connectivity index is 2.91. The van der Waals surface area contributed by atoms with Crippen LogP contribution >= 0.6 is 0 Å². The highest BCUT2D eigenvalue weighted by atomic mass is 32.2. The maximum atomic E-state index is 12.1. The number of rotatable bonds is 7. The van der Waals surface area contributed by atoms with E-state index in [1.165, 1.54) is 19.2 Å². The number of ether oxygens (including phenoxy) is 1. The van der Waals surface area contributed by atoms with E-state index in [-0.39, 0.29) is 17.5 Å². The standard InChI is InChI=1S/C12H19NO4S/c1-3-10(7-8-14)13-18(15,16)12-6-4-5-11(9-12)17-2/h4-6,9-10,13-14H,3,7-8H2,1-2H3. The highest BCUT2D eigenvalue weighted by Gasteiger charge is 2.19. The highest BCUT2D eigenvalue weighted by molar-refractivity contribution is 7.89. The minimum absolute atomic E-state index is 0.0425. The van der Waals surface area contributed by atoms with Crippen LogP contribution in [0.2, 0.25) is 0 Å². The molecular weight excluding hydrogens is 254 g/mol. The first-order valence-corrected chi connectivity index (χ1v) is 7.29. The molecule has 102 valence electrons. The fourth-order valence-electron chi connectivity index (χ4n) is 1.56. The summed E-state index contributed by atoms with van der Waals surface area (Å²) in [6, 6.07) is 6.03. The number of hydrogen-bond donors (Lipinski definition) is 2. The molecule has 1 atom stereocenters. The highest BCUT2D eigenvalue weighted by Crippen LogP contribution is 2.17. The number of hydrogen-bond acceptors (Lipinski definition) is 4. The van der Waals surface area contributed by atoms with E-state index in [0.29, 0.717) is 18.6 Å². The number of aliphatic hydroxyl groups excluding tert-OH is 1. The van der Waals surface area contributed by atoms with Crippen LogP contribution in [0.4, 0.5) is 0 Å². The summed E-state index contributed by atoms with van der Waals surface area (Å²) in [4.78, 5) is 0.165. The van der Waals surface area contributed by atoms with Gasteiger partial charge in [0.25, 0.3) is 0 Å². The lowest BCUT2D eigenvalue weighted by Crippen LogP contribution is -2.35. The molecule has 18 heavy (non-hydrogen) atoms. The van der Waals surface area contributed by atoms with Gasteiger partial charge in [-0.2, -0.15) is 0 Å². The zero-order valence-corrected chi connectivity index (χ0v) is 11.4. The van der Waals surface area contributed by atoms with Crippen molar-refractivity contribution in [2.45, 2.75) is 30.7 Å². The smallest absolute Gasteiger partial charge is 0.240 e. The topological polar surface area (TPSA) is 75.6 Å². The molecule has 1 unspecified atom stereocenters. The zero-order chi connectivity index (χ0) is 13.6. The van der Waals surface area contributed by atoms with Crippen molar-refractivity contribution in [3.05, 3.63) is 24.3 Å². The Morgan fingerprint density at radius 1 is 1.44 bits per heavy atom. The van der Waals surface area contributed by atoms with Crippen molar-refractivity contribution >= 4 is 10.0 Å². The predicted molar refractivity (Wildman–Crippen MR) is 69.1 cm³/mol. The van der Waals surface area contributed by atoms with Crippen molar-refractivity contribution in [3.8, 4) is 5.75 Å². The van der Waals surface area contributed by atoms with Gasteiger partial charge < -0.3 is 9.84 Å². The number of methoxy groups -OCH3 is 1. The molecule has 0 amide bonds. The van der Waals surface area contributed by atoms with Crippen LogP contribution in [-0.4, -0.2) is 33.3 Å². The SMILES string of the molecule is CCC(CCO)NS(=O)(=O)c1cccc(OC)c1.